The number of nitriles is 1. The maximum absolute atomic E-state index is 14.7. The fraction of sp³-hybridized carbons (Fsp3) is 0. The van der Waals surface area contributed by atoms with Gasteiger partial charge in [-0.25, -0.2) is 19.3 Å². The molecule has 2 heterocycles. The molecule has 0 saturated carbocycles. The van der Waals surface area contributed by atoms with Gasteiger partial charge in [0.15, 0.2) is 17.5 Å². The average Bonchev–Trinajstić information content (AvgIpc) is 3.55. The van der Waals surface area contributed by atoms with Gasteiger partial charge in [-0.05, 0) is 70.8 Å². The Kier molecular flexibility index (Phi) is 7.64. The first kappa shape index (κ1) is 30.8. The molecule has 0 bridgehead atoms. The Morgan fingerprint density at radius 3 is 1.79 bits per heavy atom. The molecule has 0 fully saturated rings. The van der Waals surface area contributed by atoms with Gasteiger partial charge in [-0.1, -0.05) is 121 Å². The molecular weight excluding hydrogens is 642 g/mol. The maximum Gasteiger partial charge on any atom is 0.164 e. The molecule has 2 aromatic heterocycles. The fourth-order valence-corrected chi connectivity index (χ4v) is 6.94. The molecule has 0 aliphatic carbocycles. The summed E-state index contributed by atoms with van der Waals surface area (Å²) in [6.07, 6.45) is 0. The second-order valence-corrected chi connectivity index (χ2v) is 12.5. The quantitative estimate of drug-likeness (QED) is 0.177. The first-order valence-corrected chi connectivity index (χ1v) is 16.9. The van der Waals surface area contributed by atoms with E-state index in [1.807, 2.05) is 109 Å². The van der Waals surface area contributed by atoms with E-state index in [9.17, 15) is 9.65 Å². The van der Waals surface area contributed by atoms with Gasteiger partial charge in [-0.3, -0.25) is 0 Å². The molecule has 9 rings (SSSR count). The van der Waals surface area contributed by atoms with Crippen LogP contribution >= 0.6 is 0 Å². The molecule has 0 unspecified atom stereocenters. The van der Waals surface area contributed by atoms with Crippen molar-refractivity contribution in [2.24, 2.45) is 0 Å². The minimum atomic E-state index is -0.325. The highest BCUT2D eigenvalue weighted by atomic mass is 19.1. The summed E-state index contributed by atoms with van der Waals surface area (Å²) in [6.45, 7) is 0. The van der Waals surface area contributed by atoms with E-state index in [1.165, 1.54) is 12.1 Å². The van der Waals surface area contributed by atoms with Crippen molar-refractivity contribution >= 4 is 21.8 Å². The van der Waals surface area contributed by atoms with Gasteiger partial charge in [0.05, 0.1) is 22.7 Å². The van der Waals surface area contributed by atoms with Crippen LogP contribution in [0.3, 0.4) is 0 Å². The zero-order valence-electron chi connectivity index (χ0n) is 27.8. The SMILES string of the molecule is N#Cc1ccccc1-c1ccc2c(c1)c1ccccc1n2-c1ccc(-c2cccc(F)c2)c(-c2nc(-c3ccccc3)nc(-c3ccccc3)n2)c1. The second kappa shape index (κ2) is 12.9. The van der Waals surface area contributed by atoms with E-state index in [4.69, 9.17) is 15.0 Å². The van der Waals surface area contributed by atoms with E-state index in [-0.39, 0.29) is 5.82 Å². The lowest BCUT2D eigenvalue weighted by atomic mass is 9.97. The topological polar surface area (TPSA) is 67.4 Å². The highest BCUT2D eigenvalue weighted by molar-refractivity contribution is 6.10. The zero-order valence-corrected chi connectivity index (χ0v) is 27.8. The molecule has 0 radical (unpaired) electrons. The van der Waals surface area contributed by atoms with Crippen LogP contribution in [0.1, 0.15) is 5.56 Å². The number of halogens is 1. The number of hydrogen-bond donors (Lipinski definition) is 0. The van der Waals surface area contributed by atoms with Gasteiger partial charge in [0.1, 0.15) is 5.82 Å². The summed E-state index contributed by atoms with van der Waals surface area (Å²) in [5.74, 6) is 1.24. The normalized spacial score (nSPS) is 11.2. The van der Waals surface area contributed by atoms with Crippen LogP contribution in [0.25, 0.3) is 83.9 Å². The number of para-hydroxylation sites is 1. The van der Waals surface area contributed by atoms with Crippen LogP contribution in [0.4, 0.5) is 4.39 Å². The van der Waals surface area contributed by atoms with Crippen LogP contribution in [0.15, 0.2) is 170 Å². The van der Waals surface area contributed by atoms with Gasteiger partial charge in [0, 0.05) is 33.2 Å². The van der Waals surface area contributed by atoms with Crippen molar-refractivity contribution in [3.05, 3.63) is 181 Å². The zero-order chi connectivity index (χ0) is 35.0. The number of aromatic nitrogens is 4. The molecule has 0 N–H and O–H groups in total. The van der Waals surface area contributed by atoms with E-state index < -0.39 is 0 Å². The van der Waals surface area contributed by atoms with Crippen molar-refractivity contribution in [2.75, 3.05) is 0 Å². The van der Waals surface area contributed by atoms with Crippen molar-refractivity contribution < 1.29 is 4.39 Å². The molecule has 9 aromatic rings. The van der Waals surface area contributed by atoms with Crippen molar-refractivity contribution in [3.8, 4) is 68.2 Å². The molecule has 0 saturated heterocycles. The summed E-state index contributed by atoms with van der Waals surface area (Å²) in [6, 6.07) is 57.2. The minimum Gasteiger partial charge on any atom is -0.309 e. The largest absolute Gasteiger partial charge is 0.309 e. The lowest BCUT2D eigenvalue weighted by Gasteiger charge is -2.15. The molecule has 52 heavy (non-hydrogen) atoms. The summed E-state index contributed by atoms with van der Waals surface area (Å²) < 4.78 is 17.0. The Morgan fingerprint density at radius 2 is 1.06 bits per heavy atom. The first-order chi connectivity index (χ1) is 25.6. The fourth-order valence-electron chi connectivity index (χ4n) is 6.94. The third-order valence-electron chi connectivity index (χ3n) is 9.37. The number of nitrogens with zero attached hydrogens (tertiary/aromatic N) is 5. The summed E-state index contributed by atoms with van der Waals surface area (Å²) in [5.41, 5.74) is 9.41. The Bertz CT molecular complexity index is 2760. The van der Waals surface area contributed by atoms with Crippen molar-refractivity contribution in [1.29, 1.82) is 5.26 Å². The molecule has 7 aromatic carbocycles. The molecule has 244 valence electrons. The van der Waals surface area contributed by atoms with Crippen LogP contribution in [-0.2, 0) is 0 Å². The monoisotopic (exact) mass is 669 g/mol. The number of rotatable bonds is 6. The third kappa shape index (κ3) is 5.47. The molecule has 0 aliphatic rings. The summed E-state index contributed by atoms with van der Waals surface area (Å²) >= 11 is 0. The summed E-state index contributed by atoms with van der Waals surface area (Å²) in [4.78, 5) is 15.0. The lowest BCUT2D eigenvalue weighted by molar-refractivity contribution is 0.628. The highest BCUT2D eigenvalue weighted by Crippen LogP contribution is 2.39. The van der Waals surface area contributed by atoms with Gasteiger partial charge >= 0.3 is 0 Å². The number of fused-ring (bicyclic) bond motifs is 3. The molecule has 5 nitrogen and oxygen atoms in total. The van der Waals surface area contributed by atoms with E-state index >= 15 is 0 Å². The molecule has 0 aliphatic heterocycles. The molecular formula is C46H28FN5. The standard InChI is InChI=1S/C46H28FN5/c47-35-18-11-17-32(26-35)38-24-23-36(28-41(38)46-50-44(30-12-3-1-4-13-30)49-45(51-46)31-14-5-2-6-15-31)52-42-21-10-9-20-39(42)40-27-33(22-25-43(40)52)37-19-8-7-16-34(37)29-48/h1-28H. The lowest BCUT2D eigenvalue weighted by Crippen LogP contribution is -2.02. The second-order valence-electron chi connectivity index (χ2n) is 12.5. The van der Waals surface area contributed by atoms with Crippen molar-refractivity contribution in [3.63, 3.8) is 0 Å². The summed E-state index contributed by atoms with van der Waals surface area (Å²) in [7, 11) is 0. The van der Waals surface area contributed by atoms with Gasteiger partial charge in [-0.15, -0.1) is 0 Å². The first-order valence-electron chi connectivity index (χ1n) is 16.9. The smallest absolute Gasteiger partial charge is 0.164 e. The Morgan fingerprint density at radius 1 is 0.442 bits per heavy atom. The molecule has 0 atom stereocenters. The molecule has 0 amide bonds. The number of hydrogen-bond acceptors (Lipinski definition) is 4. The van der Waals surface area contributed by atoms with E-state index in [1.54, 1.807) is 6.07 Å². The average molecular weight is 670 g/mol. The third-order valence-corrected chi connectivity index (χ3v) is 9.37. The minimum absolute atomic E-state index is 0.325. The van der Waals surface area contributed by atoms with Crippen LogP contribution in [0.5, 0.6) is 0 Å². The van der Waals surface area contributed by atoms with Crippen molar-refractivity contribution in [1.82, 2.24) is 19.5 Å². The van der Waals surface area contributed by atoms with E-state index in [2.05, 4.69) is 53.1 Å². The molecule has 6 heteroatoms. The van der Waals surface area contributed by atoms with Gasteiger partial charge in [-0.2, -0.15) is 5.26 Å². The van der Waals surface area contributed by atoms with E-state index in [0.717, 1.165) is 60.9 Å². The van der Waals surface area contributed by atoms with Crippen LogP contribution in [0.2, 0.25) is 0 Å². The predicted octanol–water partition coefficient (Wildman–Crippen LogP) is 11.3. The highest BCUT2D eigenvalue weighted by Gasteiger charge is 2.20. The van der Waals surface area contributed by atoms with Crippen LogP contribution in [-0.4, -0.2) is 19.5 Å². The van der Waals surface area contributed by atoms with Crippen molar-refractivity contribution in [2.45, 2.75) is 0 Å². The van der Waals surface area contributed by atoms with E-state index in [0.29, 0.717) is 28.6 Å². The Balaban J connectivity index is 1.31. The Labute approximate surface area is 299 Å². The van der Waals surface area contributed by atoms with Crippen LogP contribution in [0, 0.1) is 17.1 Å². The predicted molar refractivity (Wildman–Crippen MR) is 206 cm³/mol. The van der Waals surface area contributed by atoms with Gasteiger partial charge in [0.2, 0.25) is 0 Å². The van der Waals surface area contributed by atoms with Crippen LogP contribution < -0.4 is 0 Å². The Hall–Kier alpha value is -7.23. The molecule has 0 spiro atoms. The number of benzene rings is 7. The summed E-state index contributed by atoms with van der Waals surface area (Å²) in [5, 5.41) is 12.0. The maximum atomic E-state index is 14.7. The van der Waals surface area contributed by atoms with Gasteiger partial charge in [0.25, 0.3) is 0 Å². The van der Waals surface area contributed by atoms with Gasteiger partial charge < -0.3 is 4.57 Å².